The molecule has 2 unspecified atom stereocenters. The molecule has 0 aromatic heterocycles. The van der Waals surface area contributed by atoms with Gasteiger partial charge in [0.15, 0.2) is 15.1 Å². The number of nitrogens with zero attached hydrogens (tertiary/aromatic N) is 1. The molecule has 21 heavy (non-hydrogen) atoms. The molecule has 0 bridgehead atoms. The fraction of sp³-hybridized carbons (Fsp3) is 0.143. The zero-order valence-corrected chi connectivity index (χ0v) is 12.4. The molecule has 0 amide bonds. The van der Waals surface area contributed by atoms with E-state index in [1.807, 2.05) is 0 Å². The molecule has 0 aliphatic rings. The number of hydrogen-bond donors (Lipinski definition) is 0. The van der Waals surface area contributed by atoms with Crippen LogP contribution in [-0.4, -0.2) is 18.8 Å². The smallest absolute Gasteiger partial charge is 0.263 e. The maximum Gasteiger partial charge on any atom is 0.307 e. The first-order valence-corrected chi connectivity index (χ1v) is 8.04. The van der Waals surface area contributed by atoms with Crippen molar-refractivity contribution >= 4 is 21.4 Å². The molecular weight excluding hydrogens is 314 g/mol. The summed E-state index contributed by atoms with van der Waals surface area (Å²) in [6.45, 7) is 0. The summed E-state index contributed by atoms with van der Waals surface area (Å²) in [5.74, 6) is 0. The maximum atomic E-state index is 12.7. The van der Waals surface area contributed by atoms with Crippen LogP contribution in [0, 0.1) is 10.1 Å². The Morgan fingerprint density at radius 1 is 0.952 bits per heavy atom. The Balaban J connectivity index is 2.58. The van der Waals surface area contributed by atoms with Gasteiger partial charge in [-0.05, 0) is 29.3 Å². The molecule has 0 saturated carbocycles. The topological polar surface area (TPSA) is 77.3 Å². The van der Waals surface area contributed by atoms with Crippen LogP contribution in [0.3, 0.4) is 0 Å². The molecule has 0 aliphatic carbocycles. The van der Waals surface area contributed by atoms with Crippen LogP contribution in [0.15, 0.2) is 65.6 Å². The molecule has 2 aromatic carbocycles. The molecule has 2 rings (SSSR count). The van der Waals surface area contributed by atoms with Crippen molar-refractivity contribution in [2.45, 2.75) is 15.6 Å². The van der Waals surface area contributed by atoms with Crippen molar-refractivity contribution in [2.24, 2.45) is 0 Å². The lowest BCUT2D eigenvalue weighted by Crippen LogP contribution is -2.28. The average Bonchev–Trinajstić information content (AvgIpc) is 2.49. The lowest BCUT2D eigenvalue weighted by Gasteiger charge is -2.18. The van der Waals surface area contributed by atoms with E-state index in [1.165, 1.54) is 24.3 Å². The number of hydrogen-bond acceptors (Lipinski definition) is 4. The second kappa shape index (κ2) is 6.24. The maximum absolute atomic E-state index is 12.7. The predicted octanol–water partition coefficient (Wildman–Crippen LogP) is 3.04. The summed E-state index contributed by atoms with van der Waals surface area (Å²) in [6.07, 6.45) is 0. The zero-order chi connectivity index (χ0) is 15.5. The Morgan fingerprint density at radius 3 is 1.90 bits per heavy atom. The van der Waals surface area contributed by atoms with Crippen LogP contribution in [0.2, 0.25) is 0 Å². The molecule has 0 fully saturated rings. The second-order valence-electron chi connectivity index (χ2n) is 4.35. The van der Waals surface area contributed by atoms with Gasteiger partial charge in [0.2, 0.25) is 0 Å². The van der Waals surface area contributed by atoms with Crippen molar-refractivity contribution in [2.75, 3.05) is 0 Å². The number of nitro groups is 1. The quantitative estimate of drug-likeness (QED) is 0.366. The first kappa shape index (κ1) is 15.5. The Kier molecular flexibility index (Phi) is 4.59. The van der Waals surface area contributed by atoms with Crippen molar-refractivity contribution < 1.29 is 13.3 Å². The molecule has 0 radical (unpaired) electrons. The fourth-order valence-corrected chi connectivity index (χ4v) is 4.29. The van der Waals surface area contributed by atoms with Crippen molar-refractivity contribution in [3.63, 3.8) is 0 Å². The third kappa shape index (κ3) is 3.22. The van der Waals surface area contributed by atoms with Crippen LogP contribution in [-0.2, 0) is 9.84 Å². The summed E-state index contributed by atoms with van der Waals surface area (Å²) in [7, 11) is -3.97. The van der Waals surface area contributed by atoms with Gasteiger partial charge in [0.1, 0.15) is 0 Å². The van der Waals surface area contributed by atoms with Crippen LogP contribution in [0.25, 0.3) is 0 Å². The zero-order valence-electron chi connectivity index (χ0n) is 10.8. The summed E-state index contributed by atoms with van der Waals surface area (Å²) in [5, 5.41) is 9.55. The van der Waals surface area contributed by atoms with E-state index in [0.29, 0.717) is 0 Å². The van der Waals surface area contributed by atoms with E-state index in [1.54, 1.807) is 36.4 Å². The Bertz CT molecular complexity index is 719. The molecule has 0 heterocycles. The fourth-order valence-electron chi connectivity index (χ4n) is 2.00. The summed E-state index contributed by atoms with van der Waals surface area (Å²) in [6, 6.07) is 15.6. The first-order valence-electron chi connectivity index (χ1n) is 6.06. The molecule has 2 aromatic rings. The van der Waals surface area contributed by atoms with Gasteiger partial charge < -0.3 is 0 Å². The Morgan fingerprint density at radius 2 is 1.43 bits per heavy atom. The van der Waals surface area contributed by atoms with Gasteiger partial charge in [-0.1, -0.05) is 48.5 Å². The highest BCUT2D eigenvalue weighted by Gasteiger charge is 2.42. The van der Waals surface area contributed by atoms with Gasteiger partial charge in [-0.25, -0.2) is 8.42 Å². The molecule has 0 spiro atoms. The summed E-state index contributed by atoms with van der Waals surface area (Å²) in [4.78, 5) is 10.2. The standard InChI is InChI=1S/C14H12ClNO4S/c15-14(16(17)18)13(11-7-3-1-4-8-11)21(19,20)12-9-5-2-6-10-12/h1-10,13-14H. The largest absolute Gasteiger partial charge is 0.307 e. The number of rotatable bonds is 5. The van der Waals surface area contributed by atoms with E-state index in [-0.39, 0.29) is 10.5 Å². The van der Waals surface area contributed by atoms with E-state index in [0.717, 1.165) is 0 Å². The molecule has 7 heteroatoms. The molecule has 5 nitrogen and oxygen atoms in total. The second-order valence-corrected chi connectivity index (χ2v) is 6.86. The van der Waals surface area contributed by atoms with E-state index >= 15 is 0 Å². The van der Waals surface area contributed by atoms with E-state index in [4.69, 9.17) is 11.6 Å². The third-order valence-electron chi connectivity index (χ3n) is 2.99. The number of sulfone groups is 1. The van der Waals surface area contributed by atoms with Crippen molar-refractivity contribution in [1.82, 2.24) is 0 Å². The number of halogens is 1. The van der Waals surface area contributed by atoms with E-state index in [2.05, 4.69) is 0 Å². The van der Waals surface area contributed by atoms with E-state index < -0.39 is 25.5 Å². The molecule has 2 atom stereocenters. The molecule has 0 N–H and O–H groups in total. The van der Waals surface area contributed by atoms with Crippen LogP contribution in [0.4, 0.5) is 0 Å². The highest BCUT2D eigenvalue weighted by Crippen LogP contribution is 2.34. The summed E-state index contributed by atoms with van der Waals surface area (Å²) in [5.41, 5.74) is -1.48. The van der Waals surface area contributed by atoms with Crippen molar-refractivity contribution in [1.29, 1.82) is 0 Å². The number of benzene rings is 2. The average molecular weight is 326 g/mol. The lowest BCUT2D eigenvalue weighted by atomic mass is 10.1. The minimum Gasteiger partial charge on any atom is -0.263 e. The van der Waals surface area contributed by atoms with Gasteiger partial charge in [0, 0.05) is 4.92 Å². The monoisotopic (exact) mass is 325 g/mol. The summed E-state index contributed by atoms with van der Waals surface area (Å²) < 4.78 is 25.4. The molecule has 0 aliphatic heterocycles. The van der Waals surface area contributed by atoms with Gasteiger partial charge in [-0.15, -0.1) is 0 Å². The van der Waals surface area contributed by atoms with Gasteiger partial charge in [0.25, 0.3) is 0 Å². The van der Waals surface area contributed by atoms with Gasteiger partial charge in [-0.3, -0.25) is 10.1 Å². The summed E-state index contributed by atoms with van der Waals surface area (Å²) >= 11 is 5.77. The van der Waals surface area contributed by atoms with Gasteiger partial charge >= 0.3 is 5.50 Å². The van der Waals surface area contributed by atoms with Gasteiger partial charge in [0.05, 0.1) is 4.90 Å². The van der Waals surface area contributed by atoms with Crippen LogP contribution >= 0.6 is 11.6 Å². The highest BCUT2D eigenvalue weighted by molar-refractivity contribution is 7.91. The normalized spacial score (nSPS) is 14.3. The van der Waals surface area contributed by atoms with Gasteiger partial charge in [-0.2, -0.15) is 0 Å². The predicted molar refractivity (Wildman–Crippen MR) is 79.4 cm³/mol. The van der Waals surface area contributed by atoms with E-state index in [9.17, 15) is 18.5 Å². The Hall–Kier alpha value is -1.92. The molecular formula is C14H12ClNO4S. The first-order chi connectivity index (χ1) is 9.94. The minimum absolute atomic E-state index is 0.00588. The van der Waals surface area contributed by atoms with Crippen molar-refractivity contribution in [3.05, 3.63) is 76.3 Å². The molecule has 110 valence electrons. The minimum atomic E-state index is -3.97. The number of alkyl halides is 1. The van der Waals surface area contributed by atoms with Crippen LogP contribution in [0.1, 0.15) is 10.8 Å². The highest BCUT2D eigenvalue weighted by atomic mass is 35.5. The SMILES string of the molecule is O=[N+]([O-])C(Cl)C(c1ccccc1)S(=O)(=O)c1ccccc1. The third-order valence-corrected chi connectivity index (χ3v) is 5.67. The van der Waals surface area contributed by atoms with Crippen molar-refractivity contribution in [3.8, 4) is 0 Å². The van der Waals surface area contributed by atoms with Crippen LogP contribution in [0.5, 0.6) is 0 Å². The Labute approximate surface area is 127 Å². The molecule has 0 saturated heterocycles. The lowest BCUT2D eigenvalue weighted by molar-refractivity contribution is -0.498. The van der Waals surface area contributed by atoms with Crippen LogP contribution < -0.4 is 0 Å².